The summed E-state index contributed by atoms with van der Waals surface area (Å²) in [7, 11) is 0. The lowest BCUT2D eigenvalue weighted by Gasteiger charge is -2.30. The molecule has 3 rings (SSSR count). The number of halogens is 1. The van der Waals surface area contributed by atoms with Gasteiger partial charge in [-0.25, -0.2) is 9.07 Å². The molecule has 0 radical (unpaired) electrons. The fourth-order valence-corrected chi connectivity index (χ4v) is 3.40. The van der Waals surface area contributed by atoms with Gasteiger partial charge in [0.05, 0.1) is 30.5 Å². The monoisotopic (exact) mass is 388 g/mol. The standard InChI is InChI=1S/C20H25FN4O3/c1-3-28-20(27)15-5-4-10-24(12-15)13-19(26)22-18-11-14(2)23-25(18)17-8-6-16(21)7-9-17/h6-9,11,15H,3-5,10,12-13H2,1-2H3,(H,22,26)/t15-/m1/s1. The van der Waals surface area contributed by atoms with Gasteiger partial charge in [0.25, 0.3) is 0 Å². The lowest BCUT2D eigenvalue weighted by atomic mass is 9.98. The second-order valence-electron chi connectivity index (χ2n) is 6.93. The smallest absolute Gasteiger partial charge is 0.310 e. The predicted molar refractivity (Wildman–Crippen MR) is 103 cm³/mol. The van der Waals surface area contributed by atoms with Crippen molar-refractivity contribution in [3.63, 3.8) is 0 Å². The number of benzene rings is 1. The van der Waals surface area contributed by atoms with E-state index in [0.29, 0.717) is 24.7 Å². The number of amides is 1. The van der Waals surface area contributed by atoms with Gasteiger partial charge < -0.3 is 10.1 Å². The number of aromatic nitrogens is 2. The third-order valence-corrected chi connectivity index (χ3v) is 4.66. The maximum absolute atomic E-state index is 13.2. The molecule has 0 saturated carbocycles. The fourth-order valence-electron chi connectivity index (χ4n) is 3.40. The Kier molecular flexibility index (Phi) is 6.41. The number of likely N-dealkylation sites (tertiary alicyclic amines) is 1. The fraction of sp³-hybridized carbons (Fsp3) is 0.450. The number of hydrogen-bond acceptors (Lipinski definition) is 5. The van der Waals surface area contributed by atoms with Gasteiger partial charge >= 0.3 is 5.97 Å². The van der Waals surface area contributed by atoms with Crippen molar-refractivity contribution >= 4 is 17.7 Å². The van der Waals surface area contributed by atoms with Crippen LogP contribution < -0.4 is 5.32 Å². The molecule has 2 heterocycles. The molecule has 1 amide bonds. The first-order valence-corrected chi connectivity index (χ1v) is 9.47. The van der Waals surface area contributed by atoms with E-state index in [2.05, 4.69) is 10.4 Å². The molecule has 0 bridgehead atoms. The van der Waals surface area contributed by atoms with Crippen LogP contribution in [0.2, 0.25) is 0 Å². The Labute approximate surface area is 163 Å². The van der Waals surface area contributed by atoms with E-state index in [9.17, 15) is 14.0 Å². The van der Waals surface area contributed by atoms with Crippen molar-refractivity contribution in [1.82, 2.24) is 14.7 Å². The van der Waals surface area contributed by atoms with E-state index in [-0.39, 0.29) is 30.2 Å². The number of carbonyl (C=O) groups excluding carboxylic acids is 2. The second-order valence-corrected chi connectivity index (χ2v) is 6.93. The molecule has 1 saturated heterocycles. The number of nitrogens with one attached hydrogen (secondary N) is 1. The van der Waals surface area contributed by atoms with Gasteiger partial charge in [-0.1, -0.05) is 0 Å². The summed E-state index contributed by atoms with van der Waals surface area (Å²) < 4.78 is 19.9. The molecule has 2 aromatic rings. The summed E-state index contributed by atoms with van der Waals surface area (Å²) in [5, 5.41) is 7.24. The molecule has 1 N–H and O–H groups in total. The highest BCUT2D eigenvalue weighted by molar-refractivity contribution is 5.91. The van der Waals surface area contributed by atoms with Crippen LogP contribution in [-0.2, 0) is 14.3 Å². The summed E-state index contributed by atoms with van der Waals surface area (Å²) in [6.45, 7) is 5.44. The zero-order chi connectivity index (χ0) is 20.1. The van der Waals surface area contributed by atoms with Gasteiger partial charge in [-0.3, -0.25) is 14.5 Å². The van der Waals surface area contributed by atoms with Crippen molar-refractivity contribution in [2.75, 3.05) is 31.6 Å². The number of anilines is 1. The van der Waals surface area contributed by atoms with Crippen molar-refractivity contribution < 1.29 is 18.7 Å². The minimum atomic E-state index is -0.334. The topological polar surface area (TPSA) is 76.5 Å². The number of aryl methyl sites for hydroxylation is 1. The highest BCUT2D eigenvalue weighted by Gasteiger charge is 2.28. The van der Waals surface area contributed by atoms with E-state index in [0.717, 1.165) is 25.1 Å². The Morgan fingerprint density at radius 1 is 1.32 bits per heavy atom. The van der Waals surface area contributed by atoms with Crippen LogP contribution in [0.15, 0.2) is 30.3 Å². The molecule has 1 aromatic heterocycles. The number of hydrogen-bond donors (Lipinski definition) is 1. The number of carbonyl (C=O) groups is 2. The molecule has 1 aliphatic rings. The first-order valence-electron chi connectivity index (χ1n) is 9.47. The average molecular weight is 388 g/mol. The molecule has 1 fully saturated rings. The minimum Gasteiger partial charge on any atom is -0.466 e. The molecule has 28 heavy (non-hydrogen) atoms. The van der Waals surface area contributed by atoms with Crippen molar-refractivity contribution in [3.05, 3.63) is 41.8 Å². The Balaban J connectivity index is 1.64. The van der Waals surface area contributed by atoms with Gasteiger partial charge in [0.1, 0.15) is 11.6 Å². The molecule has 150 valence electrons. The summed E-state index contributed by atoms with van der Waals surface area (Å²) in [6, 6.07) is 7.67. The van der Waals surface area contributed by atoms with E-state index < -0.39 is 0 Å². The lowest BCUT2D eigenvalue weighted by Crippen LogP contribution is -2.43. The van der Waals surface area contributed by atoms with Crippen LogP contribution in [0.25, 0.3) is 5.69 Å². The lowest BCUT2D eigenvalue weighted by molar-refractivity contribution is -0.150. The number of rotatable bonds is 6. The Morgan fingerprint density at radius 2 is 2.07 bits per heavy atom. The summed E-state index contributed by atoms with van der Waals surface area (Å²) in [5.74, 6) is -0.383. The van der Waals surface area contributed by atoms with Gasteiger partial charge in [-0.05, 0) is 57.5 Å². The van der Waals surface area contributed by atoms with Crippen LogP contribution in [0, 0.1) is 18.7 Å². The zero-order valence-corrected chi connectivity index (χ0v) is 16.2. The van der Waals surface area contributed by atoms with Crippen molar-refractivity contribution in [3.8, 4) is 5.69 Å². The van der Waals surface area contributed by atoms with Crippen molar-refractivity contribution in [1.29, 1.82) is 0 Å². The number of piperidine rings is 1. The van der Waals surface area contributed by atoms with E-state index in [1.807, 2.05) is 11.8 Å². The van der Waals surface area contributed by atoms with Gasteiger partial charge in [-0.15, -0.1) is 0 Å². The van der Waals surface area contributed by atoms with Gasteiger partial charge in [0.15, 0.2) is 0 Å². The predicted octanol–water partition coefficient (Wildman–Crippen LogP) is 2.53. The van der Waals surface area contributed by atoms with Gasteiger partial charge in [0.2, 0.25) is 5.91 Å². The third-order valence-electron chi connectivity index (χ3n) is 4.66. The summed E-state index contributed by atoms with van der Waals surface area (Å²) in [5.41, 5.74) is 1.39. The first kappa shape index (κ1) is 20.0. The Bertz CT molecular complexity index is 834. The molecular weight excluding hydrogens is 363 g/mol. The van der Waals surface area contributed by atoms with Crippen LogP contribution in [0.5, 0.6) is 0 Å². The van der Waals surface area contributed by atoms with E-state index in [1.54, 1.807) is 29.8 Å². The zero-order valence-electron chi connectivity index (χ0n) is 16.2. The maximum Gasteiger partial charge on any atom is 0.310 e. The third kappa shape index (κ3) is 4.95. The average Bonchev–Trinajstić information content (AvgIpc) is 3.02. The van der Waals surface area contributed by atoms with Gasteiger partial charge in [-0.2, -0.15) is 5.10 Å². The Morgan fingerprint density at radius 3 is 2.79 bits per heavy atom. The number of esters is 1. The van der Waals surface area contributed by atoms with Crippen LogP contribution in [0.1, 0.15) is 25.5 Å². The molecule has 0 spiro atoms. The molecule has 8 heteroatoms. The first-order chi connectivity index (χ1) is 13.5. The van der Waals surface area contributed by atoms with E-state index in [1.165, 1.54) is 12.1 Å². The van der Waals surface area contributed by atoms with Gasteiger partial charge in [0, 0.05) is 12.6 Å². The summed E-state index contributed by atoms with van der Waals surface area (Å²) in [6.07, 6.45) is 1.64. The summed E-state index contributed by atoms with van der Waals surface area (Å²) in [4.78, 5) is 26.5. The molecule has 1 aliphatic heterocycles. The molecule has 1 aromatic carbocycles. The highest BCUT2D eigenvalue weighted by Crippen LogP contribution is 2.20. The van der Waals surface area contributed by atoms with Crippen LogP contribution in [0.4, 0.5) is 10.2 Å². The van der Waals surface area contributed by atoms with Crippen molar-refractivity contribution in [2.24, 2.45) is 5.92 Å². The Hall–Kier alpha value is -2.74. The normalized spacial score (nSPS) is 17.3. The van der Waals surface area contributed by atoms with E-state index >= 15 is 0 Å². The minimum absolute atomic E-state index is 0.184. The number of ether oxygens (including phenoxy) is 1. The second kappa shape index (κ2) is 8.97. The maximum atomic E-state index is 13.2. The molecule has 0 aliphatic carbocycles. The SMILES string of the molecule is CCOC(=O)[C@@H]1CCCN(CC(=O)Nc2cc(C)nn2-c2ccc(F)cc2)C1. The molecule has 1 atom stereocenters. The molecular formula is C20H25FN4O3. The van der Waals surface area contributed by atoms with Crippen LogP contribution in [-0.4, -0.2) is 52.8 Å². The quantitative estimate of drug-likeness (QED) is 0.770. The molecule has 0 unspecified atom stereocenters. The van der Waals surface area contributed by atoms with Crippen LogP contribution >= 0.6 is 0 Å². The van der Waals surface area contributed by atoms with Crippen LogP contribution in [0.3, 0.4) is 0 Å². The highest BCUT2D eigenvalue weighted by atomic mass is 19.1. The van der Waals surface area contributed by atoms with Crippen molar-refractivity contribution in [2.45, 2.75) is 26.7 Å². The largest absolute Gasteiger partial charge is 0.466 e. The molecule has 7 nitrogen and oxygen atoms in total. The summed E-state index contributed by atoms with van der Waals surface area (Å²) >= 11 is 0. The van der Waals surface area contributed by atoms with E-state index in [4.69, 9.17) is 4.74 Å². The number of nitrogens with zero attached hydrogens (tertiary/aromatic N) is 3.